The van der Waals surface area contributed by atoms with Crippen LogP contribution in [0.2, 0.25) is 0 Å². The first-order chi connectivity index (χ1) is 30.7. The van der Waals surface area contributed by atoms with Crippen LogP contribution in [-0.2, 0) is 10.8 Å². The average molecular weight is 811 g/mol. The fourth-order valence-corrected chi connectivity index (χ4v) is 10.2. The van der Waals surface area contributed by atoms with Gasteiger partial charge in [-0.3, -0.25) is 0 Å². The summed E-state index contributed by atoms with van der Waals surface area (Å²) in [6.45, 7) is 9.66. The van der Waals surface area contributed by atoms with Gasteiger partial charge in [0, 0.05) is 38.5 Å². The molecule has 2 aromatic heterocycles. The Kier molecular flexibility index (Phi) is 8.33. The number of nitrogens with zero attached hydrogens (tertiary/aromatic N) is 4. The van der Waals surface area contributed by atoms with Crippen molar-refractivity contribution >= 4 is 54.1 Å². The molecule has 0 saturated heterocycles. The molecule has 1 aliphatic rings. The van der Waals surface area contributed by atoms with E-state index in [0.29, 0.717) is 17.5 Å². The molecule has 0 radical (unpaired) electrons. The fraction of sp³-hybridized carbons (Fsp3) is 0.136. The predicted octanol–water partition coefficient (Wildman–Crippen LogP) is 15.4. The van der Waals surface area contributed by atoms with Gasteiger partial charge < -0.3 is 4.57 Å². The Morgan fingerprint density at radius 2 is 0.873 bits per heavy atom. The molecule has 4 nitrogen and oxygen atoms in total. The average Bonchev–Trinajstić information content (AvgIpc) is 3.67. The van der Waals surface area contributed by atoms with Crippen LogP contribution in [0.5, 0.6) is 0 Å². The molecule has 11 aromatic rings. The number of fused-ring (bicyclic) bond motifs is 9. The highest BCUT2D eigenvalue weighted by molar-refractivity contribution is 6.19. The van der Waals surface area contributed by atoms with E-state index in [1.165, 1.54) is 71.8 Å². The molecule has 0 N–H and O–H groups in total. The maximum Gasteiger partial charge on any atom is 0.164 e. The van der Waals surface area contributed by atoms with Crippen LogP contribution in [0.4, 0.5) is 0 Å². The Morgan fingerprint density at radius 3 is 1.62 bits per heavy atom. The molecule has 2 heterocycles. The van der Waals surface area contributed by atoms with Gasteiger partial charge in [0.1, 0.15) is 0 Å². The number of rotatable bonds is 5. The van der Waals surface area contributed by atoms with Crippen LogP contribution in [0.3, 0.4) is 0 Å². The van der Waals surface area contributed by atoms with Gasteiger partial charge >= 0.3 is 0 Å². The number of benzene rings is 9. The summed E-state index contributed by atoms with van der Waals surface area (Å²) in [5.74, 6) is 1.91. The van der Waals surface area contributed by atoms with Gasteiger partial charge in [-0.25, -0.2) is 15.0 Å². The third-order valence-electron chi connectivity index (χ3n) is 13.9. The van der Waals surface area contributed by atoms with Crippen molar-refractivity contribution in [2.45, 2.75) is 51.4 Å². The van der Waals surface area contributed by atoms with Crippen molar-refractivity contribution in [1.29, 1.82) is 0 Å². The van der Waals surface area contributed by atoms with Crippen molar-refractivity contribution in [1.82, 2.24) is 19.5 Å². The second-order valence-electron chi connectivity index (χ2n) is 18.7. The lowest BCUT2D eigenvalue weighted by molar-refractivity contribution is 0.332. The highest BCUT2D eigenvalue weighted by Gasteiger charge is 2.38. The molecule has 0 unspecified atom stereocenters. The minimum atomic E-state index is 0.0666. The molecular formula is C59H46N4. The molecule has 0 aliphatic heterocycles. The van der Waals surface area contributed by atoms with Crippen LogP contribution in [0.15, 0.2) is 182 Å². The molecule has 0 atom stereocenters. The van der Waals surface area contributed by atoms with Crippen molar-refractivity contribution in [3.05, 3.63) is 193 Å². The third-order valence-corrected chi connectivity index (χ3v) is 13.9. The molecule has 0 fully saturated rings. The van der Waals surface area contributed by atoms with Crippen LogP contribution < -0.4 is 0 Å². The highest BCUT2D eigenvalue weighted by atomic mass is 15.0. The lowest BCUT2D eigenvalue weighted by Gasteiger charge is -2.42. The molecule has 302 valence electrons. The second-order valence-corrected chi connectivity index (χ2v) is 18.7. The van der Waals surface area contributed by atoms with Gasteiger partial charge in [-0.05, 0) is 103 Å². The first kappa shape index (κ1) is 37.3. The van der Waals surface area contributed by atoms with Crippen LogP contribution in [0, 0.1) is 0 Å². The van der Waals surface area contributed by atoms with E-state index in [0.717, 1.165) is 39.7 Å². The molecule has 63 heavy (non-hydrogen) atoms. The van der Waals surface area contributed by atoms with Crippen molar-refractivity contribution in [2.24, 2.45) is 0 Å². The van der Waals surface area contributed by atoms with Gasteiger partial charge in [-0.1, -0.05) is 179 Å². The normalized spacial score (nSPS) is 14.5. The summed E-state index contributed by atoms with van der Waals surface area (Å²) >= 11 is 0. The van der Waals surface area contributed by atoms with Crippen molar-refractivity contribution in [2.75, 3.05) is 0 Å². The maximum absolute atomic E-state index is 5.29. The Morgan fingerprint density at radius 1 is 0.365 bits per heavy atom. The van der Waals surface area contributed by atoms with E-state index in [2.05, 4.69) is 208 Å². The third kappa shape index (κ3) is 6.15. The maximum atomic E-state index is 5.29. The molecule has 0 amide bonds. The molecule has 9 aromatic carbocycles. The van der Waals surface area contributed by atoms with E-state index in [4.69, 9.17) is 15.0 Å². The summed E-state index contributed by atoms with van der Waals surface area (Å²) in [6.07, 6.45) is 2.33. The van der Waals surface area contributed by atoms with Crippen LogP contribution in [0.25, 0.3) is 105 Å². The Bertz CT molecular complexity index is 3610. The zero-order chi connectivity index (χ0) is 42.5. The fourth-order valence-electron chi connectivity index (χ4n) is 10.2. The second kappa shape index (κ2) is 14.1. The van der Waals surface area contributed by atoms with E-state index >= 15 is 0 Å². The molecule has 12 rings (SSSR count). The first-order valence-corrected chi connectivity index (χ1v) is 22.1. The molecule has 0 bridgehead atoms. The van der Waals surface area contributed by atoms with E-state index in [-0.39, 0.29) is 10.8 Å². The zero-order valence-corrected chi connectivity index (χ0v) is 36.0. The van der Waals surface area contributed by atoms with Crippen LogP contribution >= 0.6 is 0 Å². The summed E-state index contributed by atoms with van der Waals surface area (Å²) in [5.41, 5.74) is 11.7. The smallest absolute Gasteiger partial charge is 0.164 e. The highest BCUT2D eigenvalue weighted by Crippen LogP contribution is 2.49. The van der Waals surface area contributed by atoms with E-state index in [1.54, 1.807) is 0 Å². The number of aromatic nitrogens is 4. The lowest BCUT2D eigenvalue weighted by atomic mass is 9.63. The predicted molar refractivity (Wildman–Crippen MR) is 264 cm³/mol. The summed E-state index contributed by atoms with van der Waals surface area (Å²) in [6, 6.07) is 65.8. The summed E-state index contributed by atoms with van der Waals surface area (Å²) in [7, 11) is 0. The zero-order valence-electron chi connectivity index (χ0n) is 36.0. The molecular weight excluding hydrogens is 765 g/mol. The van der Waals surface area contributed by atoms with Gasteiger partial charge in [0.2, 0.25) is 0 Å². The molecule has 0 saturated carbocycles. The van der Waals surface area contributed by atoms with Gasteiger partial charge in [0.05, 0.1) is 11.0 Å². The Labute approximate surface area is 367 Å². The summed E-state index contributed by atoms with van der Waals surface area (Å²) < 4.78 is 2.49. The van der Waals surface area contributed by atoms with Crippen LogP contribution in [-0.4, -0.2) is 19.5 Å². The van der Waals surface area contributed by atoms with Crippen molar-refractivity contribution in [3.8, 4) is 51.0 Å². The SMILES string of the molecule is CC1(C)CCC(C)(C)c2cc3c(cc21)c1ccc2ccccc2c1n3-c1cccc(-c2nc(-c3ccc(-c4ccccc4)cc3)nc(-c3ccc4c(ccc5ccccc54)c3)n2)c1. The van der Waals surface area contributed by atoms with Crippen LogP contribution in [0.1, 0.15) is 51.7 Å². The van der Waals surface area contributed by atoms with E-state index < -0.39 is 0 Å². The number of hydrogen-bond donors (Lipinski definition) is 0. The Hall–Kier alpha value is -7.43. The van der Waals surface area contributed by atoms with E-state index in [9.17, 15) is 0 Å². The number of hydrogen-bond acceptors (Lipinski definition) is 3. The quantitative estimate of drug-likeness (QED) is 0.163. The van der Waals surface area contributed by atoms with E-state index in [1.807, 2.05) is 6.07 Å². The summed E-state index contributed by atoms with van der Waals surface area (Å²) in [5, 5.41) is 9.84. The Balaban J connectivity index is 1.07. The molecule has 1 aliphatic carbocycles. The van der Waals surface area contributed by atoms with Gasteiger partial charge in [-0.2, -0.15) is 0 Å². The minimum absolute atomic E-state index is 0.0666. The monoisotopic (exact) mass is 810 g/mol. The van der Waals surface area contributed by atoms with Gasteiger partial charge in [-0.15, -0.1) is 0 Å². The molecule has 0 spiro atoms. The largest absolute Gasteiger partial charge is 0.309 e. The summed E-state index contributed by atoms with van der Waals surface area (Å²) in [4.78, 5) is 15.8. The topological polar surface area (TPSA) is 43.6 Å². The van der Waals surface area contributed by atoms with Crippen molar-refractivity contribution in [3.63, 3.8) is 0 Å². The standard InChI is InChI=1S/C59H46N4/c1-58(2)31-32-59(3,4)52-36-53-50(35-51(52)58)49-30-27-40-16-9-11-20-48(40)54(49)63(53)45-18-12-17-43(34-45)56-60-55(41-24-21-38(22-25-41)37-13-6-5-7-14-37)61-57(62-56)44-28-29-47-42(33-44)26-23-39-15-8-10-19-46(39)47/h5-30,33-36H,31-32H2,1-4H3. The van der Waals surface area contributed by atoms with Gasteiger partial charge in [0.15, 0.2) is 17.5 Å². The first-order valence-electron chi connectivity index (χ1n) is 22.1. The lowest BCUT2D eigenvalue weighted by Crippen LogP contribution is -2.33. The van der Waals surface area contributed by atoms with Gasteiger partial charge in [0.25, 0.3) is 0 Å². The molecule has 4 heteroatoms. The minimum Gasteiger partial charge on any atom is -0.309 e. The van der Waals surface area contributed by atoms with Crippen molar-refractivity contribution < 1.29 is 0 Å².